The fourth-order valence-corrected chi connectivity index (χ4v) is 4.40. The molecule has 4 rings (SSSR count). The van der Waals surface area contributed by atoms with Crippen LogP contribution < -0.4 is 10.9 Å². The molecule has 4 aromatic rings. The third kappa shape index (κ3) is 5.26. The summed E-state index contributed by atoms with van der Waals surface area (Å²) in [6.45, 7) is 3.06. The predicted octanol–water partition coefficient (Wildman–Crippen LogP) is 4.20. The molecular formula is C26H25N3O2S. The van der Waals surface area contributed by atoms with E-state index < -0.39 is 0 Å². The van der Waals surface area contributed by atoms with E-state index in [1.165, 1.54) is 22.9 Å². The lowest BCUT2D eigenvalue weighted by atomic mass is 10.1. The maximum absolute atomic E-state index is 13.2. The van der Waals surface area contributed by atoms with E-state index >= 15 is 0 Å². The van der Waals surface area contributed by atoms with E-state index in [2.05, 4.69) is 29.4 Å². The summed E-state index contributed by atoms with van der Waals surface area (Å²) in [5, 5.41) is 4.10. The maximum atomic E-state index is 13.2. The smallest absolute Gasteiger partial charge is 0.262 e. The van der Waals surface area contributed by atoms with Gasteiger partial charge in [-0.3, -0.25) is 14.2 Å². The monoisotopic (exact) mass is 443 g/mol. The van der Waals surface area contributed by atoms with Gasteiger partial charge in [-0.15, -0.1) is 0 Å². The second-order valence-electron chi connectivity index (χ2n) is 7.60. The van der Waals surface area contributed by atoms with Crippen molar-refractivity contribution in [2.75, 3.05) is 12.3 Å². The zero-order chi connectivity index (χ0) is 22.3. The van der Waals surface area contributed by atoms with Gasteiger partial charge in [0.2, 0.25) is 5.91 Å². The molecule has 0 atom stereocenters. The molecule has 3 aromatic carbocycles. The summed E-state index contributed by atoms with van der Waals surface area (Å²) in [6.07, 6.45) is 0.788. The average molecular weight is 444 g/mol. The average Bonchev–Trinajstić information content (AvgIpc) is 2.82. The van der Waals surface area contributed by atoms with Crippen molar-refractivity contribution >= 4 is 28.6 Å². The summed E-state index contributed by atoms with van der Waals surface area (Å²) < 4.78 is 1.66. The summed E-state index contributed by atoms with van der Waals surface area (Å²) >= 11 is 1.29. The minimum absolute atomic E-state index is 0.0720. The Kier molecular flexibility index (Phi) is 7.02. The summed E-state index contributed by atoms with van der Waals surface area (Å²) in [6, 6.07) is 25.3. The van der Waals surface area contributed by atoms with Crippen molar-refractivity contribution in [2.45, 2.75) is 25.0 Å². The van der Waals surface area contributed by atoms with Crippen LogP contribution in [0.15, 0.2) is 88.8 Å². The summed E-state index contributed by atoms with van der Waals surface area (Å²) in [5.74, 6) is 0.130. The van der Waals surface area contributed by atoms with Crippen LogP contribution in [0.4, 0.5) is 0 Å². The van der Waals surface area contributed by atoms with Crippen LogP contribution in [-0.4, -0.2) is 27.8 Å². The molecule has 0 fully saturated rings. The topological polar surface area (TPSA) is 64.0 Å². The highest BCUT2D eigenvalue weighted by molar-refractivity contribution is 7.99. The van der Waals surface area contributed by atoms with E-state index in [0.29, 0.717) is 29.1 Å². The first-order chi connectivity index (χ1) is 15.6. The third-order valence-corrected chi connectivity index (χ3v) is 6.30. The van der Waals surface area contributed by atoms with Gasteiger partial charge in [-0.05, 0) is 42.2 Å². The van der Waals surface area contributed by atoms with Gasteiger partial charge >= 0.3 is 0 Å². The minimum Gasteiger partial charge on any atom is -0.355 e. The standard InChI is InChI=1S/C26H25N3O2S/c1-19-9-5-6-12-21(19)15-16-27-24(30)18-32-26-28-23-14-8-7-13-22(23)25(31)29(26)17-20-10-3-2-4-11-20/h2-14H,15-18H2,1H3,(H,27,30). The number of hydrogen-bond donors (Lipinski definition) is 1. The molecule has 0 saturated heterocycles. The zero-order valence-electron chi connectivity index (χ0n) is 18.0. The number of aromatic nitrogens is 2. The Hall–Kier alpha value is -3.38. The number of fused-ring (bicyclic) bond motifs is 1. The third-order valence-electron chi connectivity index (χ3n) is 5.32. The van der Waals surface area contributed by atoms with Gasteiger partial charge in [0.1, 0.15) is 0 Å². The highest BCUT2D eigenvalue weighted by Crippen LogP contribution is 2.19. The summed E-state index contributed by atoms with van der Waals surface area (Å²) in [7, 11) is 0. The van der Waals surface area contributed by atoms with Crippen molar-refractivity contribution in [1.82, 2.24) is 14.9 Å². The first kappa shape index (κ1) is 21.8. The molecule has 0 aliphatic carbocycles. The van der Waals surface area contributed by atoms with E-state index in [4.69, 9.17) is 0 Å². The van der Waals surface area contributed by atoms with Gasteiger partial charge < -0.3 is 5.32 Å². The Balaban J connectivity index is 1.47. The van der Waals surface area contributed by atoms with E-state index in [1.807, 2.05) is 60.7 Å². The van der Waals surface area contributed by atoms with Crippen LogP contribution in [0, 0.1) is 6.92 Å². The molecular weight excluding hydrogens is 418 g/mol. The first-order valence-corrected chi connectivity index (χ1v) is 11.6. The Morgan fingerprint density at radius 1 is 0.969 bits per heavy atom. The molecule has 0 saturated carbocycles. The Labute approximate surface area is 191 Å². The number of rotatable bonds is 8. The quantitative estimate of drug-likeness (QED) is 0.327. The largest absolute Gasteiger partial charge is 0.355 e. The van der Waals surface area contributed by atoms with Crippen LogP contribution in [0.5, 0.6) is 0 Å². The number of carbonyl (C=O) groups is 1. The summed E-state index contributed by atoms with van der Waals surface area (Å²) in [4.78, 5) is 30.3. The van der Waals surface area contributed by atoms with Gasteiger partial charge in [-0.1, -0.05) is 78.5 Å². The number of thioether (sulfide) groups is 1. The number of carbonyl (C=O) groups excluding carboxylic acids is 1. The van der Waals surface area contributed by atoms with Crippen molar-refractivity contribution in [2.24, 2.45) is 0 Å². The molecule has 0 aliphatic heterocycles. The molecule has 0 unspecified atom stereocenters. The van der Waals surface area contributed by atoms with Crippen LogP contribution in [0.3, 0.4) is 0 Å². The Morgan fingerprint density at radius 2 is 1.69 bits per heavy atom. The predicted molar refractivity (Wildman–Crippen MR) is 130 cm³/mol. The summed E-state index contributed by atoms with van der Waals surface area (Å²) in [5.41, 5.74) is 4.01. The van der Waals surface area contributed by atoms with Gasteiger partial charge in [0.15, 0.2) is 5.16 Å². The molecule has 1 heterocycles. The van der Waals surface area contributed by atoms with Crippen LogP contribution in [-0.2, 0) is 17.8 Å². The molecule has 1 amide bonds. The molecule has 0 radical (unpaired) electrons. The number of amides is 1. The SMILES string of the molecule is Cc1ccccc1CCNC(=O)CSc1nc2ccccc2c(=O)n1Cc1ccccc1. The van der Waals surface area contributed by atoms with Crippen LogP contribution in [0.25, 0.3) is 10.9 Å². The Morgan fingerprint density at radius 3 is 2.50 bits per heavy atom. The molecule has 32 heavy (non-hydrogen) atoms. The lowest BCUT2D eigenvalue weighted by molar-refractivity contribution is -0.118. The molecule has 0 bridgehead atoms. The lowest BCUT2D eigenvalue weighted by Crippen LogP contribution is -2.28. The van der Waals surface area contributed by atoms with Crippen molar-refractivity contribution in [3.63, 3.8) is 0 Å². The van der Waals surface area contributed by atoms with E-state index in [0.717, 1.165) is 12.0 Å². The number of nitrogens with one attached hydrogen (secondary N) is 1. The number of hydrogen-bond acceptors (Lipinski definition) is 4. The van der Waals surface area contributed by atoms with Crippen LogP contribution in [0.2, 0.25) is 0 Å². The van der Waals surface area contributed by atoms with Crippen molar-refractivity contribution in [3.05, 3.63) is 106 Å². The Bertz CT molecular complexity index is 1290. The fraction of sp³-hybridized carbons (Fsp3) is 0.192. The molecule has 5 nitrogen and oxygen atoms in total. The van der Waals surface area contributed by atoms with Gasteiger partial charge in [0.05, 0.1) is 23.2 Å². The molecule has 0 spiro atoms. The zero-order valence-corrected chi connectivity index (χ0v) is 18.8. The number of benzene rings is 3. The highest BCUT2D eigenvalue weighted by atomic mass is 32.2. The fourth-order valence-electron chi connectivity index (χ4n) is 3.57. The van der Waals surface area contributed by atoms with Crippen molar-refractivity contribution < 1.29 is 4.79 Å². The van der Waals surface area contributed by atoms with Gasteiger partial charge in [0, 0.05) is 6.54 Å². The van der Waals surface area contributed by atoms with E-state index in [9.17, 15) is 9.59 Å². The van der Waals surface area contributed by atoms with Crippen molar-refractivity contribution in [1.29, 1.82) is 0 Å². The normalized spacial score (nSPS) is 10.9. The number of para-hydroxylation sites is 1. The molecule has 162 valence electrons. The van der Waals surface area contributed by atoms with E-state index in [-0.39, 0.29) is 17.2 Å². The van der Waals surface area contributed by atoms with E-state index in [1.54, 1.807) is 10.6 Å². The minimum atomic E-state index is -0.0954. The second-order valence-corrected chi connectivity index (χ2v) is 8.55. The molecule has 0 aliphatic rings. The molecule has 1 aromatic heterocycles. The van der Waals surface area contributed by atoms with Crippen molar-refractivity contribution in [3.8, 4) is 0 Å². The molecule has 1 N–H and O–H groups in total. The number of nitrogens with zero attached hydrogens (tertiary/aromatic N) is 2. The lowest BCUT2D eigenvalue weighted by Gasteiger charge is -2.13. The second kappa shape index (κ2) is 10.3. The van der Waals surface area contributed by atoms with Crippen LogP contribution in [0.1, 0.15) is 16.7 Å². The maximum Gasteiger partial charge on any atom is 0.262 e. The number of aryl methyl sites for hydroxylation is 1. The van der Waals surface area contributed by atoms with Crippen LogP contribution >= 0.6 is 11.8 Å². The van der Waals surface area contributed by atoms with Gasteiger partial charge in [0.25, 0.3) is 5.56 Å². The van der Waals surface area contributed by atoms with Gasteiger partial charge in [-0.25, -0.2) is 4.98 Å². The highest BCUT2D eigenvalue weighted by Gasteiger charge is 2.13. The first-order valence-electron chi connectivity index (χ1n) is 10.6. The van der Waals surface area contributed by atoms with Gasteiger partial charge in [-0.2, -0.15) is 0 Å². The molecule has 6 heteroatoms.